The molecule has 3 nitrogen and oxygen atoms in total. The molecule has 4 heteroatoms. The van der Waals surface area contributed by atoms with Gasteiger partial charge in [0.1, 0.15) is 0 Å². The van der Waals surface area contributed by atoms with Crippen molar-refractivity contribution in [3.05, 3.63) is 18.4 Å². The van der Waals surface area contributed by atoms with Crippen molar-refractivity contribution >= 4 is 13.4 Å². The largest absolute Gasteiger partial charge is 0.605 e. The van der Waals surface area contributed by atoms with Crippen molar-refractivity contribution in [2.24, 2.45) is 0 Å². The lowest BCUT2D eigenvalue weighted by Gasteiger charge is -1.80. The number of rotatable bonds is 1. The zero-order chi connectivity index (χ0) is 5.98. The van der Waals surface area contributed by atoms with E-state index < -0.39 is 7.94 Å². The minimum atomic E-state index is -2.03. The van der Waals surface area contributed by atoms with Crippen molar-refractivity contribution in [1.29, 1.82) is 5.16 Å². The van der Waals surface area contributed by atoms with Gasteiger partial charge in [-0.2, -0.15) is 0 Å². The van der Waals surface area contributed by atoms with Crippen LogP contribution in [0.2, 0.25) is 0 Å². The lowest BCUT2D eigenvalue weighted by Crippen LogP contribution is -1.98. The van der Waals surface area contributed by atoms with E-state index in [1.807, 2.05) is 0 Å². The van der Waals surface area contributed by atoms with Crippen LogP contribution in [0.15, 0.2) is 22.8 Å². The Morgan fingerprint density at radius 3 is 2.75 bits per heavy atom. The fraction of sp³-hybridized carbons (Fsp3) is 0. The predicted molar refractivity (Wildman–Crippen MR) is 28.0 cm³/mol. The Bertz CT molecular complexity index is 182. The summed E-state index contributed by atoms with van der Waals surface area (Å²) in [6, 6.07) is 3.13. The van der Waals surface area contributed by atoms with Crippen LogP contribution in [0.1, 0.15) is 0 Å². The minimum Gasteiger partial charge on any atom is -0.605 e. The summed E-state index contributed by atoms with van der Waals surface area (Å²) in [5.41, 5.74) is 0.236. The SMILES string of the molecule is N=[P+]([O-])c1ccco1. The molecule has 0 aliphatic rings. The van der Waals surface area contributed by atoms with Gasteiger partial charge in [0.05, 0.1) is 6.26 Å². The first kappa shape index (κ1) is 5.48. The molecule has 1 aromatic heterocycles. The van der Waals surface area contributed by atoms with E-state index in [0.717, 1.165) is 0 Å². The molecule has 1 N–H and O–H groups in total. The highest BCUT2D eigenvalue weighted by atomic mass is 31.1. The minimum absolute atomic E-state index is 0.236. The van der Waals surface area contributed by atoms with Gasteiger partial charge < -0.3 is 9.31 Å². The molecule has 8 heavy (non-hydrogen) atoms. The Morgan fingerprint density at radius 1 is 1.75 bits per heavy atom. The maximum atomic E-state index is 10.2. The van der Waals surface area contributed by atoms with Crippen LogP contribution in [0.3, 0.4) is 0 Å². The van der Waals surface area contributed by atoms with E-state index in [1.165, 1.54) is 12.3 Å². The third-order valence-corrected chi connectivity index (χ3v) is 1.36. The van der Waals surface area contributed by atoms with Crippen LogP contribution in [-0.4, -0.2) is 0 Å². The second-order valence-corrected chi connectivity index (χ2v) is 2.28. The molecule has 0 aromatic carbocycles. The maximum Gasteiger partial charge on any atom is 0.322 e. The lowest BCUT2D eigenvalue weighted by atomic mass is 10.7. The van der Waals surface area contributed by atoms with Gasteiger partial charge in [0.2, 0.25) is 7.94 Å². The van der Waals surface area contributed by atoms with Gasteiger partial charge in [-0.15, -0.1) is 5.16 Å². The van der Waals surface area contributed by atoms with Crippen LogP contribution >= 0.6 is 7.94 Å². The van der Waals surface area contributed by atoms with Crippen molar-refractivity contribution in [2.45, 2.75) is 0 Å². The van der Waals surface area contributed by atoms with Crippen LogP contribution in [-0.2, 0) is 0 Å². The topological polar surface area (TPSA) is 60.0 Å². The molecule has 0 bridgehead atoms. The summed E-state index contributed by atoms with van der Waals surface area (Å²) in [5, 5.41) is 6.65. The van der Waals surface area contributed by atoms with Gasteiger partial charge in [0.25, 0.3) is 0 Å². The Labute approximate surface area is 47.3 Å². The van der Waals surface area contributed by atoms with E-state index in [4.69, 9.17) is 5.16 Å². The Kier molecular flexibility index (Phi) is 1.42. The Balaban J connectivity index is 2.93. The molecular formula is C4H4NO2P. The van der Waals surface area contributed by atoms with Gasteiger partial charge in [0.15, 0.2) is 0 Å². The summed E-state index contributed by atoms with van der Waals surface area (Å²) in [4.78, 5) is 10.2. The molecule has 1 unspecified atom stereocenters. The van der Waals surface area contributed by atoms with Crippen molar-refractivity contribution in [1.82, 2.24) is 0 Å². The molecule has 1 atom stereocenters. The van der Waals surface area contributed by atoms with Gasteiger partial charge in [-0.1, -0.05) is 0 Å². The monoisotopic (exact) mass is 129 g/mol. The fourth-order valence-corrected chi connectivity index (χ4v) is 0.764. The van der Waals surface area contributed by atoms with Crippen LogP contribution in [0.4, 0.5) is 0 Å². The smallest absolute Gasteiger partial charge is 0.322 e. The summed E-state index contributed by atoms with van der Waals surface area (Å²) in [7, 11) is -2.03. The predicted octanol–water partition coefficient (Wildman–Crippen LogP) is 0.424. The number of hydrogen-bond acceptors (Lipinski definition) is 3. The number of hydrogen-bond donors (Lipinski definition) is 1. The molecule has 0 fully saturated rings. The van der Waals surface area contributed by atoms with Crippen molar-refractivity contribution < 1.29 is 9.31 Å². The standard InChI is InChI=1S/C4H4NO2P/c5-8(6)4-2-1-3-7-4/h1-3,5H. The molecular weight excluding hydrogens is 125 g/mol. The highest BCUT2D eigenvalue weighted by Crippen LogP contribution is 2.06. The summed E-state index contributed by atoms with van der Waals surface area (Å²) < 4.78 is 4.62. The molecule has 0 aliphatic carbocycles. The third kappa shape index (κ3) is 0.941. The van der Waals surface area contributed by atoms with E-state index in [1.54, 1.807) is 6.07 Å². The molecule has 0 saturated carbocycles. The normalized spacial score (nSPS) is 11.4. The molecule has 0 amide bonds. The molecule has 0 saturated heterocycles. The zero-order valence-electron chi connectivity index (χ0n) is 4.00. The summed E-state index contributed by atoms with van der Waals surface area (Å²) >= 11 is 0. The van der Waals surface area contributed by atoms with E-state index >= 15 is 0 Å². The average molecular weight is 129 g/mol. The van der Waals surface area contributed by atoms with E-state index in [-0.39, 0.29) is 5.50 Å². The first-order chi connectivity index (χ1) is 3.80. The maximum absolute atomic E-state index is 10.2. The van der Waals surface area contributed by atoms with Crippen LogP contribution in [0.5, 0.6) is 0 Å². The van der Waals surface area contributed by atoms with E-state index in [9.17, 15) is 4.89 Å². The second-order valence-electron chi connectivity index (χ2n) is 1.25. The van der Waals surface area contributed by atoms with Crippen LogP contribution in [0, 0.1) is 5.16 Å². The van der Waals surface area contributed by atoms with Gasteiger partial charge in [-0.25, -0.2) is 0 Å². The Morgan fingerprint density at radius 2 is 2.50 bits per heavy atom. The highest BCUT2D eigenvalue weighted by molar-refractivity contribution is 7.46. The third-order valence-electron chi connectivity index (χ3n) is 0.706. The fourth-order valence-electron chi connectivity index (χ4n) is 0.385. The number of nitrogens with one attached hydrogen (secondary N) is 1. The number of furan rings is 1. The zero-order valence-corrected chi connectivity index (χ0v) is 4.89. The van der Waals surface area contributed by atoms with Crippen molar-refractivity contribution in [3.8, 4) is 0 Å². The molecule has 0 aliphatic heterocycles. The van der Waals surface area contributed by atoms with Gasteiger partial charge in [0, 0.05) is 6.07 Å². The molecule has 0 spiro atoms. The first-order valence-electron chi connectivity index (χ1n) is 2.02. The summed E-state index contributed by atoms with van der Waals surface area (Å²) in [6.45, 7) is 0. The Hall–Kier alpha value is -0.660. The van der Waals surface area contributed by atoms with Crippen LogP contribution < -0.4 is 10.4 Å². The summed E-state index contributed by atoms with van der Waals surface area (Å²) in [6.07, 6.45) is 1.40. The van der Waals surface area contributed by atoms with Crippen molar-refractivity contribution in [2.75, 3.05) is 0 Å². The van der Waals surface area contributed by atoms with Crippen molar-refractivity contribution in [3.63, 3.8) is 0 Å². The van der Waals surface area contributed by atoms with Gasteiger partial charge in [-0.3, -0.25) is 0 Å². The first-order valence-corrected chi connectivity index (χ1v) is 3.28. The lowest BCUT2D eigenvalue weighted by molar-refractivity contribution is -0.153. The molecule has 1 heterocycles. The van der Waals surface area contributed by atoms with E-state index in [0.29, 0.717) is 0 Å². The molecule has 0 radical (unpaired) electrons. The quantitative estimate of drug-likeness (QED) is 0.558. The average Bonchev–Trinajstić information content (AvgIpc) is 2.12. The highest BCUT2D eigenvalue weighted by Gasteiger charge is 2.02. The van der Waals surface area contributed by atoms with Gasteiger partial charge in [-0.05, 0) is 6.07 Å². The molecule has 42 valence electrons. The van der Waals surface area contributed by atoms with E-state index in [2.05, 4.69) is 4.42 Å². The summed E-state index contributed by atoms with van der Waals surface area (Å²) in [5.74, 6) is 0. The van der Waals surface area contributed by atoms with Gasteiger partial charge >= 0.3 is 5.50 Å². The second kappa shape index (κ2) is 2.07. The molecule has 1 aromatic rings. The van der Waals surface area contributed by atoms with Crippen LogP contribution in [0.25, 0.3) is 0 Å². The molecule has 1 rings (SSSR count).